The van der Waals surface area contributed by atoms with Gasteiger partial charge in [0, 0.05) is 11.8 Å². The van der Waals surface area contributed by atoms with Gasteiger partial charge in [-0.3, -0.25) is 0 Å². The molecule has 0 unspecified atom stereocenters. The van der Waals surface area contributed by atoms with Crippen molar-refractivity contribution in [3.63, 3.8) is 0 Å². The summed E-state index contributed by atoms with van der Waals surface area (Å²) in [5, 5.41) is 0. The van der Waals surface area contributed by atoms with Crippen LogP contribution in [0.25, 0.3) is 0 Å². The quantitative estimate of drug-likeness (QED) is 0.549. The van der Waals surface area contributed by atoms with Crippen molar-refractivity contribution in [2.24, 2.45) is 16.2 Å². The summed E-state index contributed by atoms with van der Waals surface area (Å²) >= 11 is 0. The van der Waals surface area contributed by atoms with E-state index in [0.717, 1.165) is 17.3 Å². The highest BCUT2D eigenvalue weighted by Gasteiger charge is 2.42. The van der Waals surface area contributed by atoms with E-state index in [4.69, 9.17) is 0 Å². The fourth-order valence-corrected chi connectivity index (χ4v) is 2.23. The largest absolute Gasteiger partial charge is 0.253 e. The van der Waals surface area contributed by atoms with Gasteiger partial charge in [0.05, 0.1) is 0 Å². The van der Waals surface area contributed by atoms with Crippen molar-refractivity contribution in [2.45, 2.75) is 80.5 Å². The van der Waals surface area contributed by atoms with E-state index in [1.54, 1.807) is 20.8 Å². The van der Waals surface area contributed by atoms with Crippen LogP contribution in [-0.4, -0.2) is 13.2 Å². The molecule has 0 fully saturated rings. The highest BCUT2D eigenvalue weighted by Crippen LogP contribution is 2.41. The van der Waals surface area contributed by atoms with E-state index in [1.807, 2.05) is 12.1 Å². The summed E-state index contributed by atoms with van der Waals surface area (Å²) in [5.41, 5.74) is 1.52. The summed E-state index contributed by atoms with van der Waals surface area (Å²) in [6.45, 7) is 16.1. The first-order valence-electron chi connectivity index (χ1n) is 8.96. The van der Waals surface area contributed by atoms with E-state index in [-0.39, 0.29) is 17.3 Å². The minimum atomic E-state index is -2.65. The molecule has 1 aromatic rings. The molecule has 0 aliphatic carbocycles. The highest BCUT2D eigenvalue weighted by molar-refractivity contribution is 6.53. The van der Waals surface area contributed by atoms with E-state index in [0.29, 0.717) is 6.42 Å². The number of hydrogen-bond donors (Lipinski definition) is 0. The summed E-state index contributed by atoms with van der Waals surface area (Å²) < 4.78 is 28.3. The third-order valence-electron chi connectivity index (χ3n) is 5.65. The topological polar surface area (TPSA) is 0 Å². The third-order valence-corrected chi connectivity index (χ3v) is 5.65. The molecule has 135 valence electrons. The molecule has 1 aromatic carbocycles. The van der Waals surface area contributed by atoms with Gasteiger partial charge in [0.15, 0.2) is 7.28 Å². The van der Waals surface area contributed by atoms with Crippen molar-refractivity contribution in [3.8, 4) is 0 Å². The second-order valence-electron chi connectivity index (χ2n) is 9.74. The first-order chi connectivity index (χ1) is 10.7. The maximum Gasteiger partial charge on any atom is 0.253 e. The van der Waals surface area contributed by atoms with Crippen LogP contribution in [0.2, 0.25) is 6.32 Å². The van der Waals surface area contributed by atoms with Gasteiger partial charge >= 0.3 is 0 Å². The van der Waals surface area contributed by atoms with Crippen LogP contribution in [0, 0.1) is 16.2 Å². The molecular weight excluding hydrogens is 301 g/mol. The van der Waals surface area contributed by atoms with Crippen LogP contribution < -0.4 is 5.46 Å². The van der Waals surface area contributed by atoms with Gasteiger partial charge in [0.25, 0.3) is 5.92 Å². The molecule has 24 heavy (non-hydrogen) atoms. The first-order valence-corrected chi connectivity index (χ1v) is 8.96. The summed E-state index contributed by atoms with van der Waals surface area (Å²) in [4.78, 5) is 0. The molecule has 0 bridgehead atoms. The van der Waals surface area contributed by atoms with E-state index in [2.05, 4.69) is 54.0 Å². The first kappa shape index (κ1) is 21.2. The number of halogens is 2. The molecule has 0 aliphatic heterocycles. The molecule has 0 aliphatic rings. The molecule has 0 nitrogen and oxygen atoms in total. The van der Waals surface area contributed by atoms with Crippen molar-refractivity contribution < 1.29 is 8.78 Å². The smallest absolute Gasteiger partial charge is 0.206 e. The summed E-state index contributed by atoms with van der Waals surface area (Å²) in [7, 11) is 2.23. The van der Waals surface area contributed by atoms with Crippen molar-refractivity contribution in [2.75, 3.05) is 0 Å². The second-order valence-corrected chi connectivity index (χ2v) is 9.74. The molecule has 3 heteroatoms. The molecule has 0 saturated carbocycles. The normalized spacial score (nSPS) is 13.9. The number of aryl methyl sites for hydroxylation is 1. The maximum absolute atomic E-state index is 14.1. The average molecular weight is 335 g/mol. The summed E-state index contributed by atoms with van der Waals surface area (Å²) in [5.74, 6) is -2.65. The average Bonchev–Trinajstić information content (AvgIpc) is 2.41. The van der Waals surface area contributed by atoms with Crippen LogP contribution in [0.15, 0.2) is 24.3 Å². The molecule has 0 saturated heterocycles. The van der Waals surface area contributed by atoms with Crippen molar-refractivity contribution in [1.29, 1.82) is 0 Å². The van der Waals surface area contributed by atoms with E-state index < -0.39 is 11.3 Å². The van der Waals surface area contributed by atoms with Gasteiger partial charge in [-0.25, -0.2) is 8.78 Å². The van der Waals surface area contributed by atoms with Crippen LogP contribution >= 0.6 is 0 Å². The third kappa shape index (κ3) is 5.60. The monoisotopic (exact) mass is 335 g/mol. The van der Waals surface area contributed by atoms with Gasteiger partial charge in [0.2, 0.25) is 0 Å². The standard InChI is InChI=1S/C21H34BF2/c1-18(2,3)20(7,8)15-22-17-11-9-10-16(14-17)12-13-21(23,24)19(4,5)6/h9-11,14H,12-13,15H2,1-8H3. The van der Waals surface area contributed by atoms with Crippen LogP contribution in [0.1, 0.15) is 67.4 Å². The van der Waals surface area contributed by atoms with Gasteiger partial charge in [-0.1, -0.05) is 91.4 Å². The molecule has 0 heterocycles. The van der Waals surface area contributed by atoms with Crippen LogP contribution in [-0.2, 0) is 6.42 Å². The SMILES string of the molecule is CC(C)(C)C(C)(C)C[B]c1cccc(CCC(F)(F)C(C)(C)C)c1. The number of hydrogen-bond acceptors (Lipinski definition) is 0. The van der Waals surface area contributed by atoms with Gasteiger partial charge < -0.3 is 0 Å². The van der Waals surface area contributed by atoms with Crippen molar-refractivity contribution >= 4 is 12.7 Å². The number of rotatable bonds is 6. The fourth-order valence-electron chi connectivity index (χ4n) is 2.23. The number of benzene rings is 1. The van der Waals surface area contributed by atoms with Crippen molar-refractivity contribution in [3.05, 3.63) is 29.8 Å². The zero-order valence-electron chi connectivity index (χ0n) is 16.8. The Kier molecular flexibility index (Phi) is 6.34. The highest BCUT2D eigenvalue weighted by atomic mass is 19.3. The molecule has 0 N–H and O–H groups in total. The Balaban J connectivity index is 2.72. The Morgan fingerprint density at radius 1 is 0.875 bits per heavy atom. The minimum Gasteiger partial charge on any atom is -0.206 e. The maximum atomic E-state index is 14.1. The van der Waals surface area contributed by atoms with Gasteiger partial charge in [0.1, 0.15) is 0 Å². The molecule has 1 radical (unpaired) electrons. The van der Waals surface area contributed by atoms with E-state index in [1.165, 1.54) is 0 Å². The van der Waals surface area contributed by atoms with Gasteiger partial charge in [-0.2, -0.15) is 0 Å². The molecule has 0 amide bonds. The molecular formula is C21H34BF2. The summed E-state index contributed by atoms with van der Waals surface area (Å²) in [6, 6.07) is 8.03. The van der Waals surface area contributed by atoms with Crippen LogP contribution in [0.3, 0.4) is 0 Å². The Labute approximate surface area is 148 Å². The summed E-state index contributed by atoms with van der Waals surface area (Å²) in [6.07, 6.45) is 1.28. The Hall–Kier alpha value is -0.855. The minimum absolute atomic E-state index is 0.104. The number of alkyl halides is 2. The molecule has 0 spiro atoms. The predicted octanol–water partition coefficient (Wildman–Crippen LogP) is 6.12. The Bertz CT molecular complexity index is 488. The zero-order chi connectivity index (χ0) is 18.8. The van der Waals surface area contributed by atoms with Crippen molar-refractivity contribution in [1.82, 2.24) is 0 Å². The van der Waals surface area contributed by atoms with Crippen LogP contribution in [0.5, 0.6) is 0 Å². The Morgan fingerprint density at radius 2 is 1.46 bits per heavy atom. The van der Waals surface area contributed by atoms with E-state index >= 15 is 0 Å². The molecule has 0 aromatic heterocycles. The zero-order valence-corrected chi connectivity index (χ0v) is 16.8. The molecule has 0 atom stereocenters. The Morgan fingerprint density at radius 3 is 1.96 bits per heavy atom. The van der Waals surface area contributed by atoms with Gasteiger partial charge in [-0.15, -0.1) is 0 Å². The second kappa shape index (κ2) is 7.18. The van der Waals surface area contributed by atoms with Gasteiger partial charge in [-0.05, 0) is 22.8 Å². The van der Waals surface area contributed by atoms with Crippen LogP contribution in [0.4, 0.5) is 8.78 Å². The van der Waals surface area contributed by atoms with E-state index in [9.17, 15) is 8.78 Å². The lowest BCUT2D eigenvalue weighted by atomic mass is 9.53. The predicted molar refractivity (Wildman–Crippen MR) is 103 cm³/mol. The lowest BCUT2D eigenvalue weighted by Crippen LogP contribution is -2.34. The fraction of sp³-hybridized carbons (Fsp3) is 0.714. The molecule has 1 rings (SSSR count). The lowest BCUT2D eigenvalue weighted by Gasteiger charge is -2.39. The lowest BCUT2D eigenvalue weighted by molar-refractivity contribution is -0.102.